The van der Waals surface area contributed by atoms with Crippen molar-refractivity contribution in [3.05, 3.63) is 34.9 Å². The molecule has 0 aromatic heterocycles. The van der Waals surface area contributed by atoms with E-state index in [4.69, 9.17) is 0 Å². The summed E-state index contributed by atoms with van der Waals surface area (Å²) in [6.07, 6.45) is -4.14. The fourth-order valence-electron chi connectivity index (χ4n) is 2.82. The number of halogens is 3. The highest BCUT2D eigenvalue weighted by Gasteiger charge is 2.33. The molecule has 2 rings (SSSR count). The van der Waals surface area contributed by atoms with Gasteiger partial charge in [-0.05, 0) is 38.5 Å². The van der Waals surface area contributed by atoms with Gasteiger partial charge >= 0.3 is 6.18 Å². The van der Waals surface area contributed by atoms with E-state index >= 15 is 0 Å². The summed E-state index contributed by atoms with van der Waals surface area (Å²) in [7, 11) is 0. The highest BCUT2D eigenvalue weighted by molar-refractivity contribution is 5.95. The molecule has 132 valence electrons. The number of rotatable bonds is 4. The minimum Gasteiger partial charge on any atom is -0.352 e. The second kappa shape index (κ2) is 6.83. The molecule has 2 amide bonds. The van der Waals surface area contributed by atoms with Crippen LogP contribution < -0.4 is 5.32 Å². The van der Waals surface area contributed by atoms with Gasteiger partial charge in [-0.1, -0.05) is 6.07 Å². The van der Waals surface area contributed by atoms with E-state index < -0.39 is 17.6 Å². The smallest absolute Gasteiger partial charge is 0.352 e. The third-order valence-corrected chi connectivity index (χ3v) is 4.22. The lowest BCUT2D eigenvalue weighted by Gasteiger charge is -2.21. The molecule has 0 aliphatic carbocycles. The largest absolute Gasteiger partial charge is 0.416 e. The molecule has 0 unspecified atom stereocenters. The number of hydrogen-bond acceptors (Lipinski definition) is 2. The third kappa shape index (κ3) is 4.07. The van der Waals surface area contributed by atoms with Crippen LogP contribution in [0.15, 0.2) is 18.2 Å². The zero-order valence-electron chi connectivity index (χ0n) is 13.9. The van der Waals surface area contributed by atoms with Gasteiger partial charge in [0, 0.05) is 37.0 Å². The summed E-state index contributed by atoms with van der Waals surface area (Å²) in [5.41, 5.74) is -0.359. The number of carbonyl (C=O) groups is 2. The molecule has 1 aliphatic rings. The summed E-state index contributed by atoms with van der Waals surface area (Å²) in [5, 5.41) is 2.66. The standard InChI is InChI=1S/C17H21F3N2O2/c1-10(2)22-9-12(6-15(22)23)8-21-16(24)14-7-13(17(18,19)20)5-4-11(14)3/h4-5,7,10,12H,6,8-9H2,1-3H3,(H,21,24)/t12-/m1/s1. The lowest BCUT2D eigenvalue weighted by atomic mass is 10.0. The van der Waals surface area contributed by atoms with Crippen LogP contribution in [0.2, 0.25) is 0 Å². The monoisotopic (exact) mass is 342 g/mol. The minimum absolute atomic E-state index is 0.00913. The molecule has 7 heteroatoms. The summed E-state index contributed by atoms with van der Waals surface area (Å²) in [5.74, 6) is -0.525. The molecule has 1 aromatic carbocycles. The number of nitrogens with one attached hydrogen (secondary N) is 1. The van der Waals surface area contributed by atoms with Gasteiger partial charge in [0.1, 0.15) is 0 Å². The van der Waals surface area contributed by atoms with Crippen LogP contribution in [0, 0.1) is 12.8 Å². The Morgan fingerprint density at radius 2 is 2.04 bits per heavy atom. The molecule has 1 N–H and O–H groups in total. The average molecular weight is 342 g/mol. The van der Waals surface area contributed by atoms with E-state index in [0.29, 0.717) is 18.5 Å². The maximum atomic E-state index is 12.8. The Morgan fingerprint density at radius 3 is 2.58 bits per heavy atom. The first-order valence-electron chi connectivity index (χ1n) is 7.85. The molecular formula is C17H21F3N2O2. The van der Waals surface area contributed by atoms with Crippen LogP contribution in [0.25, 0.3) is 0 Å². The topological polar surface area (TPSA) is 49.4 Å². The summed E-state index contributed by atoms with van der Waals surface area (Å²) < 4.78 is 38.3. The van der Waals surface area contributed by atoms with Crippen LogP contribution in [0.4, 0.5) is 13.2 Å². The molecule has 1 aromatic rings. The molecular weight excluding hydrogens is 321 g/mol. The van der Waals surface area contributed by atoms with E-state index in [1.165, 1.54) is 6.07 Å². The van der Waals surface area contributed by atoms with Crippen molar-refractivity contribution in [3.8, 4) is 0 Å². The number of benzene rings is 1. The Kier molecular flexibility index (Phi) is 5.20. The fraction of sp³-hybridized carbons (Fsp3) is 0.529. The van der Waals surface area contributed by atoms with Crippen LogP contribution in [-0.4, -0.2) is 35.8 Å². The summed E-state index contributed by atoms with van der Waals surface area (Å²) in [6.45, 7) is 6.26. The summed E-state index contributed by atoms with van der Waals surface area (Å²) in [4.78, 5) is 25.8. The van der Waals surface area contributed by atoms with Crippen molar-refractivity contribution in [2.45, 2.75) is 39.4 Å². The van der Waals surface area contributed by atoms with Crippen molar-refractivity contribution in [1.29, 1.82) is 0 Å². The van der Waals surface area contributed by atoms with Gasteiger partial charge in [-0.25, -0.2) is 0 Å². The number of likely N-dealkylation sites (tertiary alicyclic amines) is 1. The van der Waals surface area contributed by atoms with E-state index in [-0.39, 0.29) is 30.0 Å². The average Bonchev–Trinajstić information content (AvgIpc) is 2.85. The van der Waals surface area contributed by atoms with Crippen molar-refractivity contribution in [1.82, 2.24) is 10.2 Å². The Hall–Kier alpha value is -2.05. The lowest BCUT2D eigenvalue weighted by Crippen LogP contribution is -2.34. The predicted octanol–water partition coefficient (Wildman–Crippen LogP) is 3.00. The number of aryl methyl sites for hydroxylation is 1. The number of hydrogen-bond donors (Lipinski definition) is 1. The zero-order chi connectivity index (χ0) is 18.1. The van der Waals surface area contributed by atoms with Gasteiger partial charge in [0.15, 0.2) is 0 Å². The molecule has 4 nitrogen and oxygen atoms in total. The van der Waals surface area contributed by atoms with Crippen molar-refractivity contribution < 1.29 is 22.8 Å². The number of carbonyl (C=O) groups excluding carboxylic acids is 2. The molecule has 0 radical (unpaired) electrons. The molecule has 0 spiro atoms. The molecule has 1 aliphatic heterocycles. The third-order valence-electron chi connectivity index (χ3n) is 4.22. The van der Waals surface area contributed by atoms with Gasteiger partial charge in [0.05, 0.1) is 5.56 Å². The Labute approximate surface area is 139 Å². The Bertz CT molecular complexity index is 641. The lowest BCUT2D eigenvalue weighted by molar-refractivity contribution is -0.137. The summed E-state index contributed by atoms with van der Waals surface area (Å²) >= 11 is 0. The quantitative estimate of drug-likeness (QED) is 0.914. The maximum absolute atomic E-state index is 12.8. The molecule has 1 atom stereocenters. The number of amides is 2. The van der Waals surface area contributed by atoms with Crippen LogP contribution in [0.3, 0.4) is 0 Å². The maximum Gasteiger partial charge on any atom is 0.416 e. The Morgan fingerprint density at radius 1 is 1.38 bits per heavy atom. The second-order valence-electron chi connectivity index (χ2n) is 6.45. The molecule has 1 heterocycles. The number of nitrogens with zero attached hydrogens (tertiary/aromatic N) is 1. The second-order valence-corrected chi connectivity index (χ2v) is 6.45. The van der Waals surface area contributed by atoms with Crippen LogP contribution in [0.1, 0.15) is 41.8 Å². The first kappa shape index (κ1) is 18.3. The van der Waals surface area contributed by atoms with E-state index in [1.807, 2.05) is 13.8 Å². The van der Waals surface area contributed by atoms with Gasteiger partial charge in [0.25, 0.3) is 5.91 Å². The minimum atomic E-state index is -4.49. The highest BCUT2D eigenvalue weighted by Crippen LogP contribution is 2.30. The predicted molar refractivity (Wildman–Crippen MR) is 83.5 cm³/mol. The van der Waals surface area contributed by atoms with E-state index in [2.05, 4.69) is 5.32 Å². The zero-order valence-corrected chi connectivity index (χ0v) is 13.9. The Balaban J connectivity index is 2.02. The molecule has 24 heavy (non-hydrogen) atoms. The normalized spacial score (nSPS) is 18.4. The highest BCUT2D eigenvalue weighted by atomic mass is 19.4. The van der Waals surface area contributed by atoms with E-state index in [0.717, 1.165) is 12.1 Å². The van der Waals surface area contributed by atoms with Crippen molar-refractivity contribution in [2.24, 2.45) is 5.92 Å². The SMILES string of the molecule is Cc1ccc(C(F)(F)F)cc1C(=O)NC[C@H]1CC(=O)N(C(C)C)C1. The van der Waals surface area contributed by atoms with E-state index in [1.54, 1.807) is 11.8 Å². The van der Waals surface area contributed by atoms with E-state index in [9.17, 15) is 22.8 Å². The molecule has 1 saturated heterocycles. The first-order chi connectivity index (χ1) is 11.1. The molecule has 0 bridgehead atoms. The van der Waals surface area contributed by atoms with Crippen molar-refractivity contribution >= 4 is 11.8 Å². The van der Waals surface area contributed by atoms with Crippen molar-refractivity contribution in [3.63, 3.8) is 0 Å². The van der Waals surface area contributed by atoms with Crippen molar-refractivity contribution in [2.75, 3.05) is 13.1 Å². The first-order valence-corrected chi connectivity index (χ1v) is 7.85. The van der Waals surface area contributed by atoms with Gasteiger partial charge in [-0.15, -0.1) is 0 Å². The number of alkyl halides is 3. The fourth-order valence-corrected chi connectivity index (χ4v) is 2.82. The van der Waals surface area contributed by atoms with Crippen LogP contribution in [-0.2, 0) is 11.0 Å². The molecule has 0 saturated carbocycles. The molecule has 1 fully saturated rings. The van der Waals surface area contributed by atoms with Gasteiger partial charge in [0.2, 0.25) is 5.91 Å². The van der Waals surface area contributed by atoms with Gasteiger partial charge in [-0.3, -0.25) is 9.59 Å². The summed E-state index contributed by atoms with van der Waals surface area (Å²) in [6, 6.07) is 3.22. The van der Waals surface area contributed by atoms with Gasteiger partial charge in [-0.2, -0.15) is 13.2 Å². The van der Waals surface area contributed by atoms with Crippen LogP contribution in [0.5, 0.6) is 0 Å². The van der Waals surface area contributed by atoms with Crippen LogP contribution >= 0.6 is 0 Å². The van der Waals surface area contributed by atoms with Gasteiger partial charge < -0.3 is 10.2 Å².